The number of nitrogens with zero attached hydrogens (tertiary/aromatic N) is 3. The van der Waals surface area contributed by atoms with Crippen molar-refractivity contribution in [3.63, 3.8) is 0 Å². The van der Waals surface area contributed by atoms with Crippen LogP contribution < -0.4 is 10.2 Å². The summed E-state index contributed by atoms with van der Waals surface area (Å²) in [6.45, 7) is 0.724. The lowest BCUT2D eigenvalue weighted by molar-refractivity contribution is 0.143. The van der Waals surface area contributed by atoms with Crippen molar-refractivity contribution in [3.8, 4) is 23.0 Å². The molecule has 156 valence electrons. The maximum absolute atomic E-state index is 12.2. The number of nitrogens with one attached hydrogen (secondary N) is 1. The summed E-state index contributed by atoms with van der Waals surface area (Å²) < 4.78 is 5.52. The zero-order valence-electron chi connectivity index (χ0n) is 17.6. The van der Waals surface area contributed by atoms with Gasteiger partial charge in [-0.3, -0.25) is 0 Å². The standard InChI is InChI=1S/C25H24N4O2/c1-29(2)24-27-15-18(16-28-24)9-7-8-14-26-25(30)31-17-23-21-12-5-3-10-19(21)20-11-4-6-13-22(20)23/h3-6,10-13,15-16,23H,8,14,17H2,1-2H3,(H,26,30). The molecule has 1 aliphatic rings. The van der Waals surface area contributed by atoms with Crippen molar-refractivity contribution in [3.05, 3.63) is 77.6 Å². The number of rotatable bonds is 5. The molecule has 4 rings (SSSR count). The van der Waals surface area contributed by atoms with Crippen LogP contribution in [-0.4, -0.2) is 43.3 Å². The summed E-state index contributed by atoms with van der Waals surface area (Å²) >= 11 is 0. The highest BCUT2D eigenvalue weighted by Crippen LogP contribution is 2.44. The lowest BCUT2D eigenvalue weighted by atomic mass is 9.98. The van der Waals surface area contributed by atoms with E-state index in [9.17, 15) is 4.79 Å². The molecule has 0 radical (unpaired) electrons. The van der Waals surface area contributed by atoms with Crippen LogP contribution in [0.2, 0.25) is 0 Å². The topological polar surface area (TPSA) is 67.4 Å². The van der Waals surface area contributed by atoms with Crippen LogP contribution in [-0.2, 0) is 4.74 Å². The fraction of sp³-hybridized carbons (Fsp3) is 0.240. The van der Waals surface area contributed by atoms with Crippen molar-refractivity contribution in [2.75, 3.05) is 32.1 Å². The van der Waals surface area contributed by atoms with Gasteiger partial charge in [0.25, 0.3) is 0 Å². The SMILES string of the molecule is CN(C)c1ncc(C#CCCNC(=O)OCC2c3ccccc3-c3ccccc32)cn1. The first-order valence-corrected chi connectivity index (χ1v) is 10.2. The van der Waals surface area contributed by atoms with Gasteiger partial charge in [-0.15, -0.1) is 0 Å². The molecule has 0 atom stereocenters. The Labute approximate surface area is 182 Å². The molecule has 2 aromatic carbocycles. The molecule has 1 aromatic heterocycles. The van der Waals surface area contributed by atoms with Crippen LogP contribution in [0.1, 0.15) is 29.0 Å². The number of hydrogen-bond donors (Lipinski definition) is 1. The minimum absolute atomic E-state index is 0.0584. The maximum Gasteiger partial charge on any atom is 0.407 e. The molecule has 0 unspecified atom stereocenters. The molecule has 0 spiro atoms. The van der Waals surface area contributed by atoms with Gasteiger partial charge < -0.3 is 15.0 Å². The van der Waals surface area contributed by atoms with Crippen LogP contribution in [0.25, 0.3) is 11.1 Å². The Kier molecular flexibility index (Phi) is 6.13. The maximum atomic E-state index is 12.2. The van der Waals surface area contributed by atoms with Crippen molar-refractivity contribution in [1.82, 2.24) is 15.3 Å². The predicted molar refractivity (Wildman–Crippen MR) is 121 cm³/mol. The molecular weight excluding hydrogens is 388 g/mol. The van der Waals surface area contributed by atoms with Gasteiger partial charge in [0.1, 0.15) is 6.61 Å². The highest BCUT2D eigenvalue weighted by atomic mass is 16.5. The van der Waals surface area contributed by atoms with Crippen LogP contribution in [0.15, 0.2) is 60.9 Å². The minimum Gasteiger partial charge on any atom is -0.449 e. The lowest BCUT2D eigenvalue weighted by Gasteiger charge is -2.14. The van der Waals surface area contributed by atoms with Crippen molar-refractivity contribution < 1.29 is 9.53 Å². The van der Waals surface area contributed by atoms with Gasteiger partial charge >= 0.3 is 6.09 Å². The van der Waals surface area contributed by atoms with Crippen LogP contribution in [0.4, 0.5) is 10.7 Å². The number of fused-ring (bicyclic) bond motifs is 3. The average molecular weight is 412 g/mol. The van der Waals surface area contributed by atoms with Gasteiger partial charge in [0.15, 0.2) is 0 Å². The van der Waals surface area contributed by atoms with E-state index in [-0.39, 0.29) is 5.92 Å². The number of aromatic nitrogens is 2. The summed E-state index contributed by atoms with van der Waals surface area (Å²) in [5, 5.41) is 2.76. The summed E-state index contributed by atoms with van der Waals surface area (Å²) in [6, 6.07) is 16.6. The highest BCUT2D eigenvalue weighted by molar-refractivity contribution is 5.79. The Bertz CT molecular complexity index is 1080. The van der Waals surface area contributed by atoms with Crippen LogP contribution in [0.5, 0.6) is 0 Å². The second-order valence-corrected chi connectivity index (χ2v) is 7.47. The van der Waals surface area contributed by atoms with Gasteiger partial charge in [-0.05, 0) is 22.3 Å². The van der Waals surface area contributed by atoms with Crippen molar-refractivity contribution in [2.24, 2.45) is 0 Å². The molecule has 1 heterocycles. The predicted octanol–water partition coefficient (Wildman–Crippen LogP) is 3.82. The third-order valence-corrected chi connectivity index (χ3v) is 5.13. The van der Waals surface area contributed by atoms with E-state index in [0.29, 0.717) is 25.5 Å². The second-order valence-electron chi connectivity index (χ2n) is 7.47. The third-order valence-electron chi connectivity index (χ3n) is 5.13. The first kappa shape index (κ1) is 20.4. The molecule has 3 aromatic rings. The largest absolute Gasteiger partial charge is 0.449 e. The summed E-state index contributed by atoms with van der Waals surface area (Å²) in [5.74, 6) is 6.71. The zero-order valence-corrected chi connectivity index (χ0v) is 17.6. The van der Waals surface area contributed by atoms with Crippen LogP contribution >= 0.6 is 0 Å². The number of carbonyl (C=O) groups excluding carboxylic acids is 1. The van der Waals surface area contributed by atoms with Gasteiger partial charge in [-0.2, -0.15) is 0 Å². The number of amides is 1. The fourth-order valence-electron chi connectivity index (χ4n) is 3.66. The number of anilines is 1. The number of alkyl carbamates (subject to hydrolysis) is 1. The first-order valence-electron chi connectivity index (χ1n) is 10.2. The molecule has 0 bridgehead atoms. The Hall–Kier alpha value is -3.85. The van der Waals surface area contributed by atoms with E-state index < -0.39 is 6.09 Å². The smallest absolute Gasteiger partial charge is 0.407 e. The number of carbonyl (C=O) groups is 1. The molecule has 6 nitrogen and oxygen atoms in total. The van der Waals surface area contributed by atoms with Gasteiger partial charge in [-0.1, -0.05) is 60.4 Å². The van der Waals surface area contributed by atoms with Crippen LogP contribution in [0, 0.1) is 11.8 Å². The summed E-state index contributed by atoms with van der Waals surface area (Å²) in [4.78, 5) is 22.4. The van der Waals surface area contributed by atoms with E-state index in [0.717, 1.165) is 5.56 Å². The number of benzene rings is 2. The number of ether oxygens (including phenoxy) is 1. The van der Waals surface area contributed by atoms with Crippen molar-refractivity contribution >= 4 is 12.0 Å². The Morgan fingerprint density at radius 1 is 1.03 bits per heavy atom. The highest BCUT2D eigenvalue weighted by Gasteiger charge is 2.28. The van der Waals surface area contributed by atoms with E-state index in [1.54, 1.807) is 12.4 Å². The first-order chi connectivity index (χ1) is 15.1. The monoisotopic (exact) mass is 412 g/mol. The Morgan fingerprint density at radius 2 is 1.65 bits per heavy atom. The number of hydrogen-bond acceptors (Lipinski definition) is 5. The van der Waals surface area contributed by atoms with E-state index in [1.165, 1.54) is 22.3 Å². The molecule has 0 saturated heterocycles. The van der Waals surface area contributed by atoms with Gasteiger partial charge in [0.05, 0.1) is 5.56 Å². The summed E-state index contributed by atoms with van der Waals surface area (Å²) in [6.07, 6.45) is 3.46. The Morgan fingerprint density at radius 3 is 2.26 bits per heavy atom. The van der Waals surface area contributed by atoms with E-state index in [2.05, 4.69) is 51.4 Å². The van der Waals surface area contributed by atoms with E-state index in [1.807, 2.05) is 43.3 Å². The molecule has 0 aliphatic heterocycles. The normalized spacial score (nSPS) is 11.7. The summed E-state index contributed by atoms with van der Waals surface area (Å²) in [7, 11) is 3.77. The van der Waals surface area contributed by atoms with E-state index in [4.69, 9.17) is 4.74 Å². The summed E-state index contributed by atoms with van der Waals surface area (Å²) in [5.41, 5.74) is 5.57. The van der Waals surface area contributed by atoms with Gasteiger partial charge in [0.2, 0.25) is 5.95 Å². The molecule has 1 N–H and O–H groups in total. The molecular formula is C25H24N4O2. The molecule has 0 saturated carbocycles. The lowest BCUT2D eigenvalue weighted by Crippen LogP contribution is -2.26. The minimum atomic E-state index is -0.428. The molecule has 1 aliphatic carbocycles. The van der Waals surface area contributed by atoms with Crippen molar-refractivity contribution in [1.29, 1.82) is 0 Å². The molecule has 6 heteroatoms. The van der Waals surface area contributed by atoms with Crippen LogP contribution in [0.3, 0.4) is 0 Å². The zero-order chi connectivity index (χ0) is 21.6. The Balaban J connectivity index is 1.26. The fourth-order valence-corrected chi connectivity index (χ4v) is 3.66. The molecule has 31 heavy (non-hydrogen) atoms. The third kappa shape index (κ3) is 4.67. The van der Waals surface area contributed by atoms with Gasteiger partial charge in [0, 0.05) is 45.4 Å². The molecule has 0 fully saturated rings. The van der Waals surface area contributed by atoms with Gasteiger partial charge in [-0.25, -0.2) is 14.8 Å². The van der Waals surface area contributed by atoms with E-state index >= 15 is 0 Å². The molecule has 1 amide bonds. The average Bonchev–Trinajstić information content (AvgIpc) is 3.11. The quantitative estimate of drug-likeness (QED) is 0.510. The van der Waals surface area contributed by atoms with Crippen molar-refractivity contribution in [2.45, 2.75) is 12.3 Å². The second kappa shape index (κ2) is 9.31.